The standard InChI is InChI=1S/C15H22ClN3O4/c1-14(2,3)23-13(20)19-6-4-15(21,5-7-19)10-22-11-8-17-12(16)18-9-11/h8-9,21H,4-7,10H2,1-3H3. The van der Waals surface area contributed by atoms with Crippen molar-refractivity contribution >= 4 is 17.7 Å². The fourth-order valence-electron chi connectivity index (χ4n) is 2.17. The molecule has 1 aliphatic heterocycles. The summed E-state index contributed by atoms with van der Waals surface area (Å²) in [4.78, 5) is 21.2. The van der Waals surface area contributed by atoms with Crippen molar-refractivity contribution in [3.63, 3.8) is 0 Å². The second kappa shape index (κ2) is 6.88. The van der Waals surface area contributed by atoms with E-state index in [-0.39, 0.29) is 18.0 Å². The molecule has 23 heavy (non-hydrogen) atoms. The van der Waals surface area contributed by atoms with Crippen molar-refractivity contribution in [1.29, 1.82) is 0 Å². The van der Waals surface area contributed by atoms with E-state index in [1.807, 2.05) is 20.8 Å². The lowest BCUT2D eigenvalue weighted by Crippen LogP contribution is -2.50. The lowest BCUT2D eigenvalue weighted by molar-refractivity contribution is -0.0562. The maximum atomic E-state index is 12.0. The van der Waals surface area contributed by atoms with Gasteiger partial charge in [-0.15, -0.1) is 0 Å². The van der Waals surface area contributed by atoms with Gasteiger partial charge in [0.05, 0.1) is 12.4 Å². The molecule has 0 spiro atoms. The molecule has 0 unspecified atom stereocenters. The van der Waals surface area contributed by atoms with E-state index in [0.29, 0.717) is 31.7 Å². The van der Waals surface area contributed by atoms with Crippen LogP contribution in [0.5, 0.6) is 5.75 Å². The predicted octanol–water partition coefficient (Wildman–Crippen LogP) is 2.27. The number of carbonyl (C=O) groups is 1. The zero-order valence-electron chi connectivity index (χ0n) is 13.6. The van der Waals surface area contributed by atoms with E-state index in [2.05, 4.69) is 9.97 Å². The Morgan fingerprint density at radius 3 is 2.43 bits per heavy atom. The van der Waals surface area contributed by atoms with Gasteiger partial charge in [0.25, 0.3) is 0 Å². The summed E-state index contributed by atoms with van der Waals surface area (Å²) in [5, 5.41) is 10.7. The summed E-state index contributed by atoms with van der Waals surface area (Å²) in [6.07, 6.45) is 3.39. The normalized spacial score (nSPS) is 17.7. The average molecular weight is 344 g/mol. The van der Waals surface area contributed by atoms with Crippen molar-refractivity contribution in [2.75, 3.05) is 19.7 Å². The molecule has 1 saturated heterocycles. The molecule has 1 amide bonds. The van der Waals surface area contributed by atoms with Gasteiger partial charge in [0.15, 0.2) is 5.75 Å². The molecule has 0 aliphatic carbocycles. The highest BCUT2D eigenvalue weighted by molar-refractivity contribution is 6.28. The van der Waals surface area contributed by atoms with E-state index in [4.69, 9.17) is 21.1 Å². The van der Waals surface area contributed by atoms with Gasteiger partial charge in [-0.1, -0.05) is 0 Å². The molecule has 2 rings (SSSR count). The number of carbonyl (C=O) groups excluding carboxylic acids is 1. The Morgan fingerprint density at radius 2 is 1.91 bits per heavy atom. The summed E-state index contributed by atoms with van der Waals surface area (Å²) < 4.78 is 10.8. The molecule has 0 aromatic carbocycles. The van der Waals surface area contributed by atoms with Gasteiger partial charge in [0.1, 0.15) is 17.8 Å². The molecule has 1 fully saturated rings. The number of hydrogen-bond donors (Lipinski definition) is 1. The summed E-state index contributed by atoms with van der Waals surface area (Å²) in [6, 6.07) is 0. The molecule has 0 atom stereocenters. The summed E-state index contributed by atoms with van der Waals surface area (Å²) in [5.41, 5.74) is -1.51. The van der Waals surface area contributed by atoms with Crippen LogP contribution in [0.3, 0.4) is 0 Å². The maximum Gasteiger partial charge on any atom is 0.410 e. The van der Waals surface area contributed by atoms with Crippen LogP contribution >= 0.6 is 11.6 Å². The fraction of sp³-hybridized carbons (Fsp3) is 0.667. The summed E-state index contributed by atoms with van der Waals surface area (Å²) >= 11 is 5.60. The van der Waals surface area contributed by atoms with Crippen molar-refractivity contribution in [3.05, 3.63) is 17.7 Å². The largest absolute Gasteiger partial charge is 0.487 e. The molecule has 1 N–H and O–H groups in total. The fourth-order valence-corrected chi connectivity index (χ4v) is 2.27. The van der Waals surface area contributed by atoms with Crippen molar-refractivity contribution in [2.45, 2.75) is 44.8 Å². The van der Waals surface area contributed by atoms with Gasteiger partial charge in [-0.05, 0) is 45.2 Å². The Kier molecular flexibility index (Phi) is 5.31. The molecule has 1 aromatic heterocycles. The molecule has 7 nitrogen and oxygen atoms in total. The smallest absolute Gasteiger partial charge is 0.410 e. The molecule has 1 aliphatic rings. The Morgan fingerprint density at radius 1 is 1.35 bits per heavy atom. The second-order valence-electron chi connectivity index (χ2n) is 6.67. The number of hydrogen-bond acceptors (Lipinski definition) is 6. The number of ether oxygens (including phenoxy) is 2. The Labute approximate surface area is 140 Å². The van der Waals surface area contributed by atoms with Gasteiger partial charge in [-0.2, -0.15) is 0 Å². The third-order valence-electron chi connectivity index (χ3n) is 3.45. The molecule has 0 radical (unpaired) electrons. The minimum absolute atomic E-state index is 0.111. The first-order valence-electron chi connectivity index (χ1n) is 7.48. The Balaban J connectivity index is 1.82. The number of amides is 1. The first-order valence-corrected chi connectivity index (χ1v) is 7.85. The van der Waals surface area contributed by atoms with Gasteiger partial charge in [0, 0.05) is 13.1 Å². The minimum atomic E-state index is -0.988. The first-order chi connectivity index (χ1) is 10.7. The number of rotatable bonds is 3. The zero-order chi connectivity index (χ0) is 17.1. The van der Waals surface area contributed by atoms with E-state index in [9.17, 15) is 9.90 Å². The third kappa shape index (κ3) is 5.51. The molecule has 0 saturated carbocycles. The summed E-state index contributed by atoms with van der Waals surface area (Å²) in [5.74, 6) is 0.442. The van der Waals surface area contributed by atoms with Crippen LogP contribution in [-0.4, -0.2) is 57.0 Å². The summed E-state index contributed by atoms with van der Waals surface area (Å²) in [7, 11) is 0. The quantitative estimate of drug-likeness (QED) is 0.847. The minimum Gasteiger partial charge on any atom is -0.487 e. The van der Waals surface area contributed by atoms with Crippen LogP contribution < -0.4 is 4.74 Å². The van der Waals surface area contributed by atoms with Crippen LogP contribution in [0.15, 0.2) is 12.4 Å². The maximum absolute atomic E-state index is 12.0. The topological polar surface area (TPSA) is 84.8 Å². The van der Waals surface area contributed by atoms with Gasteiger partial charge in [-0.25, -0.2) is 14.8 Å². The number of aromatic nitrogens is 2. The molecule has 1 aromatic rings. The van der Waals surface area contributed by atoms with Crippen LogP contribution in [0, 0.1) is 0 Å². The van der Waals surface area contributed by atoms with Crippen molar-refractivity contribution in [1.82, 2.24) is 14.9 Å². The summed E-state index contributed by atoms with van der Waals surface area (Å²) in [6.45, 7) is 6.44. The second-order valence-corrected chi connectivity index (χ2v) is 7.01. The highest BCUT2D eigenvalue weighted by atomic mass is 35.5. The highest BCUT2D eigenvalue weighted by Gasteiger charge is 2.36. The monoisotopic (exact) mass is 343 g/mol. The van der Waals surface area contributed by atoms with Crippen molar-refractivity contribution in [3.8, 4) is 5.75 Å². The number of halogens is 1. The number of nitrogens with zero attached hydrogens (tertiary/aromatic N) is 3. The average Bonchev–Trinajstić information content (AvgIpc) is 2.46. The first kappa shape index (κ1) is 17.7. The van der Waals surface area contributed by atoms with E-state index >= 15 is 0 Å². The lowest BCUT2D eigenvalue weighted by atomic mass is 9.92. The van der Waals surface area contributed by atoms with E-state index in [1.165, 1.54) is 12.4 Å². The van der Waals surface area contributed by atoms with Crippen molar-refractivity contribution in [2.24, 2.45) is 0 Å². The van der Waals surface area contributed by atoms with E-state index < -0.39 is 11.2 Å². The Bertz CT molecular complexity index is 537. The molecular weight excluding hydrogens is 322 g/mol. The van der Waals surface area contributed by atoms with E-state index in [1.54, 1.807) is 4.90 Å². The van der Waals surface area contributed by atoms with E-state index in [0.717, 1.165) is 0 Å². The Hall–Kier alpha value is -1.60. The molecule has 128 valence electrons. The molecule has 0 bridgehead atoms. The third-order valence-corrected chi connectivity index (χ3v) is 3.65. The molecular formula is C15H22ClN3O4. The highest BCUT2D eigenvalue weighted by Crippen LogP contribution is 2.25. The SMILES string of the molecule is CC(C)(C)OC(=O)N1CCC(O)(COc2cnc(Cl)nc2)CC1. The van der Waals surface area contributed by atoms with Gasteiger partial charge in [0.2, 0.25) is 5.28 Å². The number of piperidine rings is 1. The predicted molar refractivity (Wildman–Crippen MR) is 84.5 cm³/mol. The van der Waals surface area contributed by atoms with Gasteiger partial charge >= 0.3 is 6.09 Å². The zero-order valence-corrected chi connectivity index (χ0v) is 14.3. The molecule has 2 heterocycles. The van der Waals surface area contributed by atoms with Crippen LogP contribution in [0.2, 0.25) is 5.28 Å². The molecule has 8 heteroatoms. The van der Waals surface area contributed by atoms with Gasteiger partial charge < -0.3 is 19.5 Å². The number of likely N-dealkylation sites (tertiary alicyclic amines) is 1. The van der Waals surface area contributed by atoms with Gasteiger partial charge in [-0.3, -0.25) is 0 Å². The van der Waals surface area contributed by atoms with Crippen LogP contribution in [0.4, 0.5) is 4.79 Å². The van der Waals surface area contributed by atoms with Crippen LogP contribution in [0.25, 0.3) is 0 Å². The lowest BCUT2D eigenvalue weighted by Gasteiger charge is -2.38. The number of aliphatic hydroxyl groups is 1. The van der Waals surface area contributed by atoms with Crippen LogP contribution in [0.1, 0.15) is 33.6 Å². The van der Waals surface area contributed by atoms with Crippen molar-refractivity contribution < 1.29 is 19.4 Å². The van der Waals surface area contributed by atoms with Crippen LogP contribution in [-0.2, 0) is 4.74 Å².